The lowest BCUT2D eigenvalue weighted by molar-refractivity contribution is 0.568. The van der Waals surface area contributed by atoms with Crippen molar-refractivity contribution < 1.29 is 4.39 Å². The predicted molar refractivity (Wildman–Crippen MR) is 87.0 cm³/mol. The predicted octanol–water partition coefficient (Wildman–Crippen LogP) is 4.12. The maximum Gasteiger partial charge on any atom is 0.137 e. The second-order valence-corrected chi connectivity index (χ2v) is 6.09. The van der Waals surface area contributed by atoms with Crippen molar-refractivity contribution >= 4 is 15.9 Å². The summed E-state index contributed by atoms with van der Waals surface area (Å²) in [5.74, 6) is -0.242. The summed E-state index contributed by atoms with van der Waals surface area (Å²) in [5, 5.41) is 7.98. The van der Waals surface area contributed by atoms with E-state index in [1.54, 1.807) is 12.1 Å². The molecule has 3 nitrogen and oxygen atoms in total. The topological polar surface area (TPSA) is 29.9 Å². The smallest absolute Gasteiger partial charge is 0.137 e. The highest BCUT2D eigenvalue weighted by Crippen LogP contribution is 2.25. The zero-order chi connectivity index (χ0) is 15.6. The molecule has 1 N–H and O–H groups in total. The van der Waals surface area contributed by atoms with Crippen molar-refractivity contribution in [2.75, 3.05) is 7.05 Å². The lowest BCUT2D eigenvalue weighted by Gasteiger charge is -2.15. The zero-order valence-corrected chi connectivity index (χ0v) is 14.5. The van der Waals surface area contributed by atoms with Crippen LogP contribution in [-0.4, -0.2) is 16.8 Å². The molecule has 0 fully saturated rings. The molecule has 0 amide bonds. The summed E-state index contributed by atoms with van der Waals surface area (Å²) in [7, 11) is 1.97. The zero-order valence-electron chi connectivity index (χ0n) is 12.9. The van der Waals surface area contributed by atoms with Gasteiger partial charge in [-0.25, -0.2) is 4.39 Å². The van der Waals surface area contributed by atoms with Gasteiger partial charge >= 0.3 is 0 Å². The number of nitrogens with one attached hydrogen (secondary N) is 1. The van der Waals surface area contributed by atoms with Gasteiger partial charge in [0.2, 0.25) is 0 Å². The number of nitrogens with zero attached hydrogens (tertiary/aromatic N) is 2. The molecule has 2 rings (SSSR count). The highest BCUT2D eigenvalue weighted by atomic mass is 79.9. The van der Waals surface area contributed by atoms with E-state index in [-0.39, 0.29) is 5.82 Å². The molecule has 1 aromatic heterocycles. The minimum atomic E-state index is -0.242. The van der Waals surface area contributed by atoms with Crippen LogP contribution in [0, 0.1) is 19.7 Å². The summed E-state index contributed by atoms with van der Waals surface area (Å²) >= 11 is 3.23. The summed E-state index contributed by atoms with van der Waals surface area (Å²) in [6.45, 7) is 6.94. The molecule has 0 aliphatic carbocycles. The van der Waals surface area contributed by atoms with E-state index < -0.39 is 0 Å². The monoisotopic (exact) mass is 353 g/mol. The first kappa shape index (κ1) is 16.2. The van der Waals surface area contributed by atoms with Crippen LogP contribution in [0.15, 0.2) is 22.7 Å². The standard InChI is InChI=1S/C16H21BrFN3/c1-5-15(19-4)16-10(2)20-21(11(16)3)9-12-6-7-14(18)13(17)8-12/h6-8,15,19H,5,9H2,1-4H3. The highest BCUT2D eigenvalue weighted by Gasteiger charge is 2.18. The molecule has 21 heavy (non-hydrogen) atoms. The fourth-order valence-corrected chi connectivity index (χ4v) is 3.16. The third-order valence-corrected chi connectivity index (χ3v) is 4.47. The average Bonchev–Trinajstić information content (AvgIpc) is 2.72. The normalized spacial score (nSPS) is 12.7. The van der Waals surface area contributed by atoms with Gasteiger partial charge in [-0.05, 0) is 60.9 Å². The molecule has 0 aliphatic rings. The largest absolute Gasteiger partial charge is 0.313 e. The number of hydrogen-bond donors (Lipinski definition) is 1. The van der Waals surface area contributed by atoms with Crippen LogP contribution in [0.25, 0.3) is 0 Å². The lowest BCUT2D eigenvalue weighted by Crippen LogP contribution is -2.17. The summed E-state index contributed by atoms with van der Waals surface area (Å²) in [4.78, 5) is 0. The molecule has 0 saturated heterocycles. The molecule has 1 unspecified atom stereocenters. The van der Waals surface area contributed by atoms with Gasteiger partial charge in [0.05, 0.1) is 16.7 Å². The van der Waals surface area contributed by atoms with Gasteiger partial charge in [-0.1, -0.05) is 13.0 Å². The van der Waals surface area contributed by atoms with Crippen LogP contribution < -0.4 is 5.32 Å². The number of hydrogen-bond acceptors (Lipinski definition) is 2. The Labute approximate surface area is 133 Å². The van der Waals surface area contributed by atoms with Crippen molar-refractivity contribution in [3.63, 3.8) is 0 Å². The fourth-order valence-electron chi connectivity index (χ4n) is 2.73. The molecule has 0 radical (unpaired) electrons. The van der Waals surface area contributed by atoms with Gasteiger partial charge in [0.15, 0.2) is 0 Å². The molecule has 0 aliphatic heterocycles. The first-order valence-electron chi connectivity index (χ1n) is 7.13. The van der Waals surface area contributed by atoms with E-state index in [0.717, 1.165) is 23.4 Å². The van der Waals surface area contributed by atoms with Gasteiger partial charge in [-0.2, -0.15) is 5.10 Å². The van der Waals surface area contributed by atoms with Crippen molar-refractivity contribution in [3.05, 3.63) is 51.0 Å². The van der Waals surface area contributed by atoms with Gasteiger partial charge in [0, 0.05) is 17.3 Å². The van der Waals surface area contributed by atoms with Crippen LogP contribution in [-0.2, 0) is 6.54 Å². The van der Waals surface area contributed by atoms with E-state index in [1.807, 2.05) is 18.7 Å². The summed E-state index contributed by atoms with van der Waals surface area (Å²) in [5.41, 5.74) is 4.50. The second kappa shape index (κ2) is 6.71. The fraction of sp³-hybridized carbons (Fsp3) is 0.438. The minimum absolute atomic E-state index is 0.242. The van der Waals surface area contributed by atoms with Crippen molar-refractivity contribution in [1.82, 2.24) is 15.1 Å². The van der Waals surface area contributed by atoms with E-state index in [0.29, 0.717) is 17.1 Å². The van der Waals surface area contributed by atoms with E-state index in [9.17, 15) is 4.39 Å². The molecule has 114 valence electrons. The second-order valence-electron chi connectivity index (χ2n) is 5.24. The first-order valence-corrected chi connectivity index (χ1v) is 7.92. The lowest BCUT2D eigenvalue weighted by atomic mass is 10.0. The Morgan fingerprint density at radius 2 is 2.10 bits per heavy atom. The van der Waals surface area contributed by atoms with Gasteiger partial charge in [-0.3, -0.25) is 4.68 Å². The summed E-state index contributed by atoms with van der Waals surface area (Å²) in [6.07, 6.45) is 1.02. The van der Waals surface area contributed by atoms with Gasteiger partial charge in [0.25, 0.3) is 0 Å². The van der Waals surface area contributed by atoms with Crippen LogP contribution in [0.3, 0.4) is 0 Å². The Bertz CT molecular complexity index is 633. The Hall–Kier alpha value is -1.20. The van der Waals surface area contributed by atoms with Crippen LogP contribution in [0.1, 0.15) is 41.9 Å². The van der Waals surface area contributed by atoms with Crippen molar-refractivity contribution in [1.29, 1.82) is 0 Å². The quantitative estimate of drug-likeness (QED) is 0.875. The Kier molecular flexibility index (Phi) is 5.17. The molecule has 5 heteroatoms. The molecule has 0 saturated carbocycles. The highest BCUT2D eigenvalue weighted by molar-refractivity contribution is 9.10. The first-order chi connectivity index (χ1) is 9.97. The average molecular weight is 354 g/mol. The molecule has 2 aromatic rings. The van der Waals surface area contributed by atoms with Crippen molar-refractivity contribution in [2.45, 2.75) is 39.8 Å². The summed E-state index contributed by atoms with van der Waals surface area (Å²) < 4.78 is 15.8. The number of aryl methyl sites for hydroxylation is 1. The van der Waals surface area contributed by atoms with Crippen LogP contribution >= 0.6 is 15.9 Å². The van der Waals surface area contributed by atoms with Crippen LogP contribution in [0.4, 0.5) is 4.39 Å². The number of rotatable bonds is 5. The maximum atomic E-state index is 13.3. The van der Waals surface area contributed by atoms with E-state index in [2.05, 4.69) is 40.2 Å². The third-order valence-electron chi connectivity index (χ3n) is 3.86. The van der Waals surface area contributed by atoms with Crippen molar-refractivity contribution in [2.24, 2.45) is 0 Å². The molecular weight excluding hydrogens is 333 g/mol. The minimum Gasteiger partial charge on any atom is -0.313 e. The molecule has 1 heterocycles. The molecular formula is C16H21BrFN3. The maximum absolute atomic E-state index is 13.3. The van der Waals surface area contributed by atoms with E-state index >= 15 is 0 Å². The number of benzene rings is 1. The Morgan fingerprint density at radius 3 is 2.67 bits per heavy atom. The van der Waals surface area contributed by atoms with Crippen LogP contribution in [0.5, 0.6) is 0 Å². The third kappa shape index (κ3) is 3.35. The molecule has 1 atom stereocenters. The van der Waals surface area contributed by atoms with E-state index in [4.69, 9.17) is 0 Å². The van der Waals surface area contributed by atoms with Crippen molar-refractivity contribution in [3.8, 4) is 0 Å². The molecule has 0 bridgehead atoms. The SMILES string of the molecule is CCC(NC)c1c(C)nn(Cc2ccc(F)c(Br)c2)c1C. The number of halogens is 2. The Morgan fingerprint density at radius 1 is 1.38 bits per heavy atom. The molecule has 1 aromatic carbocycles. The van der Waals surface area contributed by atoms with Gasteiger partial charge in [0.1, 0.15) is 5.82 Å². The van der Waals surface area contributed by atoms with Crippen LogP contribution in [0.2, 0.25) is 0 Å². The van der Waals surface area contributed by atoms with Gasteiger partial charge < -0.3 is 5.32 Å². The number of aromatic nitrogens is 2. The van der Waals surface area contributed by atoms with E-state index in [1.165, 1.54) is 11.6 Å². The van der Waals surface area contributed by atoms with Gasteiger partial charge in [-0.15, -0.1) is 0 Å². The Balaban J connectivity index is 2.33. The molecule has 0 spiro atoms. The summed E-state index contributed by atoms with van der Waals surface area (Å²) in [6, 6.07) is 5.40.